The molecule has 4 rings (SSSR count). The van der Waals surface area contributed by atoms with Gasteiger partial charge in [-0.15, -0.1) is 5.10 Å². The van der Waals surface area contributed by atoms with Crippen LogP contribution in [-0.2, 0) is 0 Å². The smallest absolute Gasteiger partial charge is 0.257 e. The maximum absolute atomic E-state index is 6.16. The number of nitrogens with zero attached hydrogens (tertiary/aromatic N) is 5. The highest BCUT2D eigenvalue weighted by molar-refractivity contribution is 5.44. The highest BCUT2D eigenvalue weighted by atomic mass is 16.5. The number of ether oxygens (including phenoxy) is 1. The van der Waals surface area contributed by atoms with Crippen LogP contribution in [0.4, 0.5) is 5.82 Å². The molecule has 2 aromatic heterocycles. The van der Waals surface area contributed by atoms with Crippen LogP contribution >= 0.6 is 0 Å². The monoisotopic (exact) mass is 330 g/mol. The summed E-state index contributed by atoms with van der Waals surface area (Å²) in [4.78, 5) is 11.5. The summed E-state index contributed by atoms with van der Waals surface area (Å²) in [7, 11) is 2.14. The van der Waals surface area contributed by atoms with Gasteiger partial charge in [0.15, 0.2) is 5.82 Å². The molecule has 2 aliphatic rings. The van der Waals surface area contributed by atoms with Crippen LogP contribution in [0.15, 0.2) is 6.07 Å². The lowest BCUT2D eigenvalue weighted by molar-refractivity contribution is 0.110. The van der Waals surface area contributed by atoms with Crippen LogP contribution < -0.4 is 10.5 Å². The van der Waals surface area contributed by atoms with Crippen molar-refractivity contribution in [3.63, 3.8) is 0 Å². The predicted molar refractivity (Wildman–Crippen MR) is 92.2 cm³/mol. The van der Waals surface area contributed by atoms with Crippen molar-refractivity contribution in [2.45, 2.75) is 57.0 Å². The summed E-state index contributed by atoms with van der Waals surface area (Å²) in [6, 6.07) is 1.77. The Kier molecular flexibility index (Phi) is 4.26. The van der Waals surface area contributed by atoms with E-state index < -0.39 is 0 Å². The van der Waals surface area contributed by atoms with Gasteiger partial charge < -0.3 is 15.4 Å². The molecule has 1 saturated carbocycles. The van der Waals surface area contributed by atoms with Gasteiger partial charge in [0, 0.05) is 25.1 Å². The van der Waals surface area contributed by atoms with E-state index in [1.165, 1.54) is 19.3 Å². The highest BCUT2D eigenvalue weighted by Gasteiger charge is 2.22. The van der Waals surface area contributed by atoms with Gasteiger partial charge >= 0.3 is 0 Å². The van der Waals surface area contributed by atoms with Crippen LogP contribution in [0.5, 0.6) is 5.88 Å². The molecule has 0 spiro atoms. The van der Waals surface area contributed by atoms with E-state index in [0.717, 1.165) is 44.6 Å². The van der Waals surface area contributed by atoms with Crippen molar-refractivity contribution in [1.29, 1.82) is 0 Å². The predicted octanol–water partition coefficient (Wildman–Crippen LogP) is 2.23. The molecule has 0 unspecified atom stereocenters. The van der Waals surface area contributed by atoms with Crippen molar-refractivity contribution in [3.8, 4) is 5.88 Å². The molecule has 0 radical (unpaired) electrons. The molecular weight excluding hydrogens is 304 g/mol. The van der Waals surface area contributed by atoms with E-state index in [-0.39, 0.29) is 6.10 Å². The fourth-order valence-corrected chi connectivity index (χ4v) is 3.75. The van der Waals surface area contributed by atoms with Gasteiger partial charge in [-0.3, -0.25) is 0 Å². The fourth-order valence-electron chi connectivity index (χ4n) is 3.75. The Hall–Kier alpha value is -1.89. The van der Waals surface area contributed by atoms with Gasteiger partial charge in [-0.05, 0) is 32.7 Å². The van der Waals surface area contributed by atoms with Gasteiger partial charge in [0.2, 0.25) is 5.88 Å². The molecule has 1 aliphatic carbocycles. The summed E-state index contributed by atoms with van der Waals surface area (Å²) in [6.45, 7) is 2.11. The first-order chi connectivity index (χ1) is 11.7. The first-order valence-electron chi connectivity index (χ1n) is 9.07. The van der Waals surface area contributed by atoms with Crippen molar-refractivity contribution < 1.29 is 4.74 Å². The van der Waals surface area contributed by atoms with Crippen molar-refractivity contribution in [3.05, 3.63) is 11.9 Å². The number of anilines is 1. The number of nitrogens with two attached hydrogens (primary N) is 1. The molecule has 1 saturated heterocycles. The van der Waals surface area contributed by atoms with E-state index in [1.54, 1.807) is 10.6 Å². The molecular formula is C17H26N6O. The van der Waals surface area contributed by atoms with E-state index in [1.807, 2.05) is 0 Å². The Labute approximate surface area is 142 Å². The van der Waals surface area contributed by atoms with Crippen LogP contribution in [0, 0.1) is 0 Å². The second-order valence-electron chi connectivity index (χ2n) is 7.16. The number of hydrogen-bond acceptors (Lipinski definition) is 6. The molecule has 7 nitrogen and oxygen atoms in total. The first kappa shape index (κ1) is 15.6. The Bertz CT molecular complexity index is 700. The van der Waals surface area contributed by atoms with Gasteiger partial charge in [-0.2, -0.15) is 14.5 Å². The average Bonchev–Trinajstić information content (AvgIpc) is 3.03. The number of fused-ring (bicyclic) bond motifs is 1. The number of piperidine rings is 1. The number of aromatic nitrogens is 4. The zero-order valence-corrected chi connectivity index (χ0v) is 14.3. The molecule has 2 N–H and O–H groups in total. The standard InChI is InChI=1S/C17H26N6O/c1-22-9-7-13(8-10-22)24-15-11-14(18)23-17(19-15)20-16(21-23)12-5-3-2-4-6-12/h11-13H,2-10,18H2,1H3. The van der Waals surface area contributed by atoms with Gasteiger partial charge in [0.05, 0.1) is 0 Å². The molecule has 7 heteroatoms. The SMILES string of the molecule is CN1CCC(Oc2cc(N)n3nc(C4CCCCC4)nc3n2)CC1. The Morgan fingerprint density at radius 3 is 2.58 bits per heavy atom. The maximum atomic E-state index is 6.16. The van der Waals surface area contributed by atoms with E-state index in [0.29, 0.717) is 23.4 Å². The maximum Gasteiger partial charge on any atom is 0.257 e. The number of rotatable bonds is 3. The molecule has 0 bridgehead atoms. The lowest BCUT2D eigenvalue weighted by Crippen LogP contribution is -2.35. The minimum atomic E-state index is 0.205. The van der Waals surface area contributed by atoms with Gasteiger partial charge in [0.25, 0.3) is 5.78 Å². The van der Waals surface area contributed by atoms with Crippen LogP contribution in [0.3, 0.4) is 0 Å². The van der Waals surface area contributed by atoms with E-state index in [2.05, 4.69) is 27.0 Å². The number of hydrogen-bond donors (Lipinski definition) is 1. The Balaban J connectivity index is 1.55. The van der Waals surface area contributed by atoms with Crippen molar-refractivity contribution >= 4 is 11.6 Å². The summed E-state index contributed by atoms with van der Waals surface area (Å²) in [5, 5.41) is 4.59. The normalized spacial score (nSPS) is 21.4. The Morgan fingerprint density at radius 2 is 1.83 bits per heavy atom. The van der Waals surface area contributed by atoms with Crippen molar-refractivity contribution in [2.24, 2.45) is 0 Å². The van der Waals surface area contributed by atoms with Crippen LogP contribution in [0.1, 0.15) is 56.7 Å². The molecule has 24 heavy (non-hydrogen) atoms. The van der Waals surface area contributed by atoms with Crippen LogP contribution in [0.2, 0.25) is 0 Å². The van der Waals surface area contributed by atoms with Crippen LogP contribution in [0.25, 0.3) is 5.78 Å². The summed E-state index contributed by atoms with van der Waals surface area (Å²) in [6.07, 6.45) is 8.40. The molecule has 3 heterocycles. The molecule has 2 aromatic rings. The third-order valence-electron chi connectivity index (χ3n) is 5.26. The second-order valence-corrected chi connectivity index (χ2v) is 7.16. The highest BCUT2D eigenvalue weighted by Crippen LogP contribution is 2.31. The third kappa shape index (κ3) is 3.17. The third-order valence-corrected chi connectivity index (χ3v) is 5.26. The minimum absolute atomic E-state index is 0.205. The number of nitrogen functional groups attached to an aromatic ring is 1. The topological polar surface area (TPSA) is 81.6 Å². The summed E-state index contributed by atoms with van der Waals surface area (Å²) in [5.41, 5.74) is 6.16. The van der Waals surface area contributed by atoms with Gasteiger partial charge in [0.1, 0.15) is 11.9 Å². The van der Waals surface area contributed by atoms with Gasteiger partial charge in [-0.25, -0.2) is 0 Å². The molecule has 1 aliphatic heterocycles. The Morgan fingerprint density at radius 1 is 1.08 bits per heavy atom. The lowest BCUT2D eigenvalue weighted by atomic mass is 9.89. The minimum Gasteiger partial charge on any atom is -0.474 e. The van der Waals surface area contributed by atoms with Crippen molar-refractivity contribution in [2.75, 3.05) is 25.9 Å². The lowest BCUT2D eigenvalue weighted by Gasteiger charge is -2.28. The van der Waals surface area contributed by atoms with E-state index >= 15 is 0 Å². The average molecular weight is 330 g/mol. The summed E-state index contributed by atoms with van der Waals surface area (Å²) < 4.78 is 7.69. The fraction of sp³-hybridized carbons (Fsp3) is 0.706. The van der Waals surface area contributed by atoms with E-state index in [4.69, 9.17) is 10.5 Å². The van der Waals surface area contributed by atoms with Gasteiger partial charge in [-0.1, -0.05) is 19.3 Å². The molecule has 2 fully saturated rings. The quantitative estimate of drug-likeness (QED) is 0.929. The van der Waals surface area contributed by atoms with Crippen LogP contribution in [-0.4, -0.2) is 50.7 Å². The summed E-state index contributed by atoms with van der Waals surface area (Å²) >= 11 is 0. The zero-order chi connectivity index (χ0) is 16.5. The van der Waals surface area contributed by atoms with Crippen molar-refractivity contribution in [1.82, 2.24) is 24.5 Å². The summed E-state index contributed by atoms with van der Waals surface area (Å²) in [5.74, 6) is 2.98. The van der Waals surface area contributed by atoms with E-state index in [9.17, 15) is 0 Å². The first-order valence-corrected chi connectivity index (χ1v) is 9.07. The zero-order valence-electron chi connectivity index (χ0n) is 14.3. The largest absolute Gasteiger partial charge is 0.474 e. The molecule has 0 aromatic carbocycles. The molecule has 0 atom stereocenters. The second kappa shape index (κ2) is 6.55. The molecule has 0 amide bonds. The molecule has 130 valence electrons. The number of likely N-dealkylation sites (tertiary alicyclic amines) is 1.